The molecule has 0 aromatic heterocycles. The molecule has 1 aliphatic carbocycles. The average molecular weight is 433 g/mol. The number of ether oxygens (including phenoxy) is 2. The fourth-order valence-corrected chi connectivity index (χ4v) is 4.60. The van der Waals surface area contributed by atoms with Gasteiger partial charge in [-0.05, 0) is 37.2 Å². The summed E-state index contributed by atoms with van der Waals surface area (Å²) in [4.78, 5) is 39.8. The standard InChI is InChI=1S/C23H32N2O6/c1-16(2)19(21(27)28)24(3)20(26)18-9-11-23(12-10-18)14-25(15-31-23)22(29)30-13-17-7-5-4-6-8-17/h4-8,16,18-19H,9-15H2,1-3H3,(H,27,28)/t18?,19-,23?/m0/s1. The number of benzene rings is 1. The number of rotatable bonds is 6. The van der Waals surface area contributed by atoms with Gasteiger partial charge in [0.2, 0.25) is 5.91 Å². The topological polar surface area (TPSA) is 96.4 Å². The summed E-state index contributed by atoms with van der Waals surface area (Å²) in [5.41, 5.74) is 0.473. The number of hydrogen-bond acceptors (Lipinski definition) is 5. The molecular weight excluding hydrogens is 400 g/mol. The van der Waals surface area contributed by atoms with E-state index < -0.39 is 23.7 Å². The van der Waals surface area contributed by atoms with Crippen LogP contribution in [0.2, 0.25) is 0 Å². The van der Waals surface area contributed by atoms with Gasteiger partial charge in [0.25, 0.3) is 0 Å². The van der Waals surface area contributed by atoms with Gasteiger partial charge in [-0.2, -0.15) is 0 Å². The third-order valence-corrected chi connectivity index (χ3v) is 6.36. The molecule has 170 valence electrons. The van der Waals surface area contributed by atoms with Crippen molar-refractivity contribution < 1.29 is 29.0 Å². The van der Waals surface area contributed by atoms with Gasteiger partial charge in [0, 0.05) is 13.0 Å². The number of carboxylic acids is 1. The van der Waals surface area contributed by atoms with Crippen molar-refractivity contribution in [1.29, 1.82) is 0 Å². The quantitative estimate of drug-likeness (QED) is 0.742. The zero-order chi connectivity index (χ0) is 22.6. The first-order valence-corrected chi connectivity index (χ1v) is 10.8. The van der Waals surface area contributed by atoms with Crippen LogP contribution in [-0.4, -0.2) is 64.8 Å². The van der Waals surface area contributed by atoms with E-state index in [4.69, 9.17) is 9.47 Å². The molecule has 0 bridgehead atoms. The Bertz CT molecular complexity index is 789. The van der Waals surface area contributed by atoms with Gasteiger partial charge in [0.1, 0.15) is 19.4 Å². The number of carboxylic acid groups (broad SMARTS) is 1. The summed E-state index contributed by atoms with van der Waals surface area (Å²) in [5.74, 6) is -1.51. The van der Waals surface area contributed by atoms with E-state index in [1.807, 2.05) is 30.3 Å². The second kappa shape index (κ2) is 9.68. The lowest BCUT2D eigenvalue weighted by atomic mass is 9.78. The van der Waals surface area contributed by atoms with Crippen LogP contribution in [-0.2, 0) is 25.7 Å². The maximum absolute atomic E-state index is 12.9. The molecule has 1 aliphatic heterocycles. The number of hydrogen-bond donors (Lipinski definition) is 1. The largest absolute Gasteiger partial charge is 0.480 e. The van der Waals surface area contributed by atoms with Gasteiger partial charge in [-0.3, -0.25) is 9.69 Å². The van der Waals surface area contributed by atoms with Crippen LogP contribution in [0.15, 0.2) is 30.3 Å². The molecule has 1 N–H and O–H groups in total. The summed E-state index contributed by atoms with van der Waals surface area (Å²) in [6.45, 7) is 4.45. The lowest BCUT2D eigenvalue weighted by Gasteiger charge is -2.38. The van der Waals surface area contributed by atoms with Gasteiger partial charge < -0.3 is 19.5 Å². The van der Waals surface area contributed by atoms with Crippen molar-refractivity contribution in [3.8, 4) is 0 Å². The minimum absolute atomic E-state index is 0.131. The molecule has 1 atom stereocenters. The Morgan fingerprint density at radius 2 is 1.87 bits per heavy atom. The number of aliphatic carboxylic acids is 1. The molecule has 8 heteroatoms. The Morgan fingerprint density at radius 3 is 2.45 bits per heavy atom. The summed E-state index contributed by atoms with van der Waals surface area (Å²) >= 11 is 0. The van der Waals surface area contributed by atoms with Crippen molar-refractivity contribution in [3.05, 3.63) is 35.9 Å². The molecule has 1 saturated carbocycles. The predicted molar refractivity (Wildman–Crippen MR) is 113 cm³/mol. The van der Waals surface area contributed by atoms with E-state index in [1.165, 1.54) is 4.90 Å². The first kappa shape index (κ1) is 23.1. The Kier molecular flexibility index (Phi) is 7.20. The average Bonchev–Trinajstić information content (AvgIpc) is 3.16. The number of nitrogens with zero attached hydrogens (tertiary/aromatic N) is 2. The molecule has 2 fully saturated rings. The summed E-state index contributed by atoms with van der Waals surface area (Å²) < 4.78 is 11.4. The zero-order valence-electron chi connectivity index (χ0n) is 18.5. The predicted octanol–water partition coefficient (Wildman–Crippen LogP) is 3.11. The van der Waals surface area contributed by atoms with E-state index in [0.29, 0.717) is 32.2 Å². The van der Waals surface area contributed by atoms with Crippen LogP contribution in [0.3, 0.4) is 0 Å². The maximum Gasteiger partial charge on any atom is 0.412 e. The van der Waals surface area contributed by atoms with Gasteiger partial charge in [-0.25, -0.2) is 9.59 Å². The summed E-state index contributed by atoms with van der Waals surface area (Å²) in [6, 6.07) is 8.67. The molecule has 1 heterocycles. The van der Waals surface area contributed by atoms with E-state index in [0.717, 1.165) is 5.56 Å². The van der Waals surface area contributed by atoms with Crippen LogP contribution in [0.1, 0.15) is 45.1 Å². The molecular formula is C23H32N2O6. The molecule has 1 aromatic rings. The van der Waals surface area contributed by atoms with Crippen LogP contribution in [0.25, 0.3) is 0 Å². The highest BCUT2D eigenvalue weighted by molar-refractivity contribution is 5.85. The highest BCUT2D eigenvalue weighted by atomic mass is 16.6. The third kappa shape index (κ3) is 5.36. The van der Waals surface area contributed by atoms with Crippen LogP contribution in [0.5, 0.6) is 0 Å². The van der Waals surface area contributed by atoms with Crippen LogP contribution < -0.4 is 0 Å². The minimum atomic E-state index is -0.984. The molecule has 3 rings (SSSR count). The SMILES string of the molecule is CC(C)[C@@H](C(=O)O)N(C)C(=O)C1CCC2(CC1)CN(C(=O)OCc1ccccc1)CO2. The highest BCUT2D eigenvalue weighted by Gasteiger charge is 2.46. The van der Waals surface area contributed by atoms with Gasteiger partial charge >= 0.3 is 12.1 Å². The van der Waals surface area contributed by atoms with Gasteiger partial charge in [-0.1, -0.05) is 44.2 Å². The van der Waals surface area contributed by atoms with E-state index in [2.05, 4.69) is 0 Å². The summed E-state index contributed by atoms with van der Waals surface area (Å²) in [6.07, 6.45) is 2.12. The summed E-state index contributed by atoms with van der Waals surface area (Å²) in [5, 5.41) is 9.46. The molecule has 1 spiro atoms. The monoisotopic (exact) mass is 432 g/mol. The van der Waals surface area contributed by atoms with E-state index in [-0.39, 0.29) is 31.1 Å². The Hall–Kier alpha value is -2.61. The minimum Gasteiger partial charge on any atom is -0.480 e. The summed E-state index contributed by atoms with van der Waals surface area (Å²) in [7, 11) is 1.57. The Balaban J connectivity index is 1.50. The molecule has 0 radical (unpaired) electrons. The number of carbonyl (C=O) groups is 3. The van der Waals surface area contributed by atoms with Crippen LogP contribution in [0.4, 0.5) is 4.79 Å². The zero-order valence-corrected chi connectivity index (χ0v) is 18.5. The first-order valence-electron chi connectivity index (χ1n) is 10.8. The van der Waals surface area contributed by atoms with Gasteiger partial charge in [-0.15, -0.1) is 0 Å². The lowest BCUT2D eigenvalue weighted by Crippen LogP contribution is -2.49. The van der Waals surface area contributed by atoms with E-state index in [9.17, 15) is 19.5 Å². The van der Waals surface area contributed by atoms with Crippen molar-refractivity contribution in [2.24, 2.45) is 11.8 Å². The molecule has 1 aromatic carbocycles. The molecule has 0 unspecified atom stereocenters. The first-order chi connectivity index (χ1) is 14.7. The van der Waals surface area contributed by atoms with Gasteiger partial charge in [0.05, 0.1) is 12.1 Å². The van der Waals surface area contributed by atoms with Crippen LogP contribution in [0, 0.1) is 11.8 Å². The van der Waals surface area contributed by atoms with Crippen LogP contribution >= 0.6 is 0 Å². The van der Waals surface area contributed by atoms with Crippen molar-refractivity contribution in [2.45, 2.75) is 57.8 Å². The molecule has 31 heavy (non-hydrogen) atoms. The Morgan fingerprint density at radius 1 is 1.23 bits per heavy atom. The van der Waals surface area contributed by atoms with Crippen molar-refractivity contribution >= 4 is 18.0 Å². The second-order valence-corrected chi connectivity index (χ2v) is 8.95. The smallest absolute Gasteiger partial charge is 0.412 e. The third-order valence-electron chi connectivity index (χ3n) is 6.36. The van der Waals surface area contributed by atoms with E-state index >= 15 is 0 Å². The van der Waals surface area contributed by atoms with E-state index in [1.54, 1.807) is 25.8 Å². The maximum atomic E-state index is 12.9. The lowest BCUT2D eigenvalue weighted by molar-refractivity contribution is -0.154. The molecule has 2 aliphatic rings. The number of amides is 2. The number of likely N-dealkylation sites (N-methyl/N-ethyl adjacent to an activating group) is 1. The van der Waals surface area contributed by atoms with Gasteiger partial charge in [0.15, 0.2) is 0 Å². The number of carbonyl (C=O) groups excluding carboxylic acids is 2. The second-order valence-electron chi connectivity index (χ2n) is 8.95. The molecule has 8 nitrogen and oxygen atoms in total. The fourth-order valence-electron chi connectivity index (χ4n) is 4.60. The highest BCUT2D eigenvalue weighted by Crippen LogP contribution is 2.39. The fraction of sp³-hybridized carbons (Fsp3) is 0.609. The van der Waals surface area contributed by atoms with Crippen molar-refractivity contribution in [3.63, 3.8) is 0 Å². The normalized spacial score (nSPS) is 24.3. The van der Waals surface area contributed by atoms with Crippen molar-refractivity contribution in [1.82, 2.24) is 9.80 Å². The molecule has 2 amide bonds. The van der Waals surface area contributed by atoms with Crippen molar-refractivity contribution in [2.75, 3.05) is 20.3 Å². The Labute approximate surface area is 183 Å². The molecule has 1 saturated heterocycles.